The van der Waals surface area contributed by atoms with E-state index in [2.05, 4.69) is 31.3 Å². The van der Waals surface area contributed by atoms with Crippen molar-refractivity contribution in [1.29, 1.82) is 0 Å². The molecule has 5 heteroatoms. The quantitative estimate of drug-likeness (QED) is 0.707. The molecule has 4 nitrogen and oxygen atoms in total. The van der Waals surface area contributed by atoms with E-state index in [9.17, 15) is 8.42 Å². The maximum atomic E-state index is 11.0. The average molecular weight is 299 g/mol. The van der Waals surface area contributed by atoms with Gasteiger partial charge in [0.25, 0.3) is 0 Å². The molecule has 0 aromatic heterocycles. The van der Waals surface area contributed by atoms with E-state index in [0.717, 1.165) is 13.1 Å². The molecule has 0 unspecified atom stereocenters. The molecule has 0 saturated carbocycles. The maximum Gasteiger partial charge on any atom is 0.149 e. The van der Waals surface area contributed by atoms with Crippen molar-refractivity contribution in [2.45, 2.75) is 20.4 Å². The Balaban J connectivity index is 2.21. The number of ether oxygens (including phenoxy) is 1. The highest BCUT2D eigenvalue weighted by Gasteiger charge is 2.18. The van der Waals surface area contributed by atoms with E-state index in [1.165, 1.54) is 11.8 Å². The number of nitrogens with one attached hydrogen (secondary N) is 1. The molecule has 0 atom stereocenters. The van der Waals surface area contributed by atoms with E-state index >= 15 is 0 Å². The Morgan fingerprint density at radius 1 is 1.20 bits per heavy atom. The highest BCUT2D eigenvalue weighted by Crippen LogP contribution is 2.14. The molecule has 0 fully saturated rings. The molecule has 0 aliphatic rings. The van der Waals surface area contributed by atoms with Gasteiger partial charge in [0, 0.05) is 24.8 Å². The van der Waals surface area contributed by atoms with Gasteiger partial charge in [-0.3, -0.25) is 0 Å². The van der Waals surface area contributed by atoms with Gasteiger partial charge in [-0.2, -0.15) is 0 Å². The predicted octanol–water partition coefficient (Wildman–Crippen LogP) is 1.86. The molecule has 0 aliphatic carbocycles. The lowest BCUT2D eigenvalue weighted by molar-refractivity contribution is 0.0715. The smallest absolute Gasteiger partial charge is 0.149 e. The Hall–Kier alpha value is -0.910. The average Bonchev–Trinajstić information content (AvgIpc) is 2.35. The highest BCUT2D eigenvalue weighted by molar-refractivity contribution is 7.90. The van der Waals surface area contributed by atoms with E-state index < -0.39 is 9.84 Å². The first-order chi connectivity index (χ1) is 9.29. The van der Waals surface area contributed by atoms with Crippen molar-refractivity contribution in [3.05, 3.63) is 35.9 Å². The number of hydrogen-bond acceptors (Lipinski definition) is 4. The van der Waals surface area contributed by atoms with Crippen LogP contribution in [-0.4, -0.2) is 40.2 Å². The molecular formula is C15H25NO3S. The van der Waals surface area contributed by atoms with Crippen LogP contribution in [0.1, 0.15) is 19.4 Å². The van der Waals surface area contributed by atoms with E-state index in [4.69, 9.17) is 4.74 Å². The van der Waals surface area contributed by atoms with Crippen LogP contribution in [0, 0.1) is 5.41 Å². The van der Waals surface area contributed by atoms with Crippen molar-refractivity contribution in [2.24, 2.45) is 5.41 Å². The summed E-state index contributed by atoms with van der Waals surface area (Å²) < 4.78 is 27.4. The Labute approximate surface area is 122 Å². The van der Waals surface area contributed by atoms with Gasteiger partial charge in [-0.15, -0.1) is 0 Å². The first kappa shape index (κ1) is 17.1. The summed E-state index contributed by atoms with van der Waals surface area (Å²) in [6.07, 6.45) is 1.23. The van der Waals surface area contributed by atoms with Gasteiger partial charge in [-0.05, 0) is 5.56 Å². The minimum absolute atomic E-state index is 0.0215. The van der Waals surface area contributed by atoms with Gasteiger partial charge in [0.2, 0.25) is 0 Å². The largest absolute Gasteiger partial charge is 0.380 e. The van der Waals surface area contributed by atoms with Gasteiger partial charge in [0.15, 0.2) is 0 Å². The number of sulfone groups is 1. The second kappa shape index (κ2) is 7.76. The lowest BCUT2D eigenvalue weighted by Crippen LogP contribution is -2.33. The first-order valence-corrected chi connectivity index (χ1v) is 8.85. The van der Waals surface area contributed by atoms with Crippen molar-refractivity contribution in [3.63, 3.8) is 0 Å². The topological polar surface area (TPSA) is 55.4 Å². The molecule has 0 spiro atoms. The molecule has 114 valence electrons. The summed E-state index contributed by atoms with van der Waals surface area (Å²) in [4.78, 5) is 0. The summed E-state index contributed by atoms with van der Waals surface area (Å²) in [7, 11) is -2.94. The molecule has 0 heterocycles. The zero-order chi connectivity index (χ0) is 15.1. The van der Waals surface area contributed by atoms with Crippen LogP contribution in [0.25, 0.3) is 0 Å². The maximum absolute atomic E-state index is 11.0. The number of rotatable bonds is 9. The van der Waals surface area contributed by atoms with E-state index in [1.54, 1.807) is 0 Å². The van der Waals surface area contributed by atoms with E-state index in [1.807, 2.05) is 18.2 Å². The SMILES string of the molecule is CC(C)(CNCc1ccccc1)COCCS(C)(=O)=O. The molecule has 1 rings (SSSR count). The van der Waals surface area contributed by atoms with Gasteiger partial charge >= 0.3 is 0 Å². The van der Waals surface area contributed by atoms with Gasteiger partial charge in [-0.1, -0.05) is 44.2 Å². The molecule has 0 saturated heterocycles. The molecule has 0 radical (unpaired) electrons. The Morgan fingerprint density at radius 3 is 2.45 bits per heavy atom. The van der Waals surface area contributed by atoms with Crippen molar-refractivity contribution < 1.29 is 13.2 Å². The molecule has 0 aliphatic heterocycles. The fraction of sp³-hybridized carbons (Fsp3) is 0.600. The molecule has 1 aromatic rings. The second-order valence-electron chi connectivity index (χ2n) is 5.94. The van der Waals surface area contributed by atoms with Crippen LogP contribution in [0.4, 0.5) is 0 Å². The van der Waals surface area contributed by atoms with Crippen LogP contribution in [0.3, 0.4) is 0 Å². The Morgan fingerprint density at radius 2 is 1.85 bits per heavy atom. The summed E-state index contributed by atoms with van der Waals surface area (Å²) in [5.74, 6) is 0.0839. The third kappa shape index (κ3) is 8.30. The van der Waals surface area contributed by atoms with Crippen molar-refractivity contribution in [1.82, 2.24) is 5.32 Å². The minimum Gasteiger partial charge on any atom is -0.380 e. The zero-order valence-electron chi connectivity index (χ0n) is 12.6. The third-order valence-electron chi connectivity index (χ3n) is 2.87. The summed E-state index contributed by atoms with van der Waals surface area (Å²) in [5.41, 5.74) is 1.23. The van der Waals surface area contributed by atoms with Crippen molar-refractivity contribution in [3.8, 4) is 0 Å². The summed E-state index contributed by atoms with van der Waals surface area (Å²) in [6.45, 7) is 6.66. The standard InChI is InChI=1S/C15H25NO3S/c1-15(2,13-19-9-10-20(3,17)18)12-16-11-14-7-5-4-6-8-14/h4-8,16H,9-13H2,1-3H3. The van der Waals surface area contributed by atoms with Gasteiger partial charge in [0.1, 0.15) is 9.84 Å². The number of benzene rings is 1. The second-order valence-corrected chi connectivity index (χ2v) is 8.20. The van der Waals surface area contributed by atoms with Crippen molar-refractivity contribution >= 4 is 9.84 Å². The molecule has 20 heavy (non-hydrogen) atoms. The van der Waals surface area contributed by atoms with Crippen LogP contribution >= 0.6 is 0 Å². The van der Waals surface area contributed by atoms with Crippen LogP contribution in [0.15, 0.2) is 30.3 Å². The fourth-order valence-corrected chi connectivity index (χ4v) is 2.17. The zero-order valence-corrected chi connectivity index (χ0v) is 13.4. The van der Waals surface area contributed by atoms with Gasteiger partial charge in [0.05, 0.1) is 19.0 Å². The van der Waals surface area contributed by atoms with Crippen LogP contribution < -0.4 is 5.32 Å². The molecular weight excluding hydrogens is 274 g/mol. The lowest BCUT2D eigenvalue weighted by atomic mass is 9.95. The fourth-order valence-electron chi connectivity index (χ4n) is 1.75. The Kier molecular flexibility index (Phi) is 6.65. The molecule has 1 N–H and O–H groups in total. The van der Waals surface area contributed by atoms with Gasteiger partial charge in [-0.25, -0.2) is 8.42 Å². The Bertz CT molecular complexity index is 483. The molecule has 0 bridgehead atoms. The highest BCUT2D eigenvalue weighted by atomic mass is 32.2. The van der Waals surface area contributed by atoms with Crippen LogP contribution in [0.2, 0.25) is 0 Å². The normalized spacial score (nSPS) is 12.6. The minimum atomic E-state index is -2.94. The predicted molar refractivity (Wildman–Crippen MR) is 82.5 cm³/mol. The lowest BCUT2D eigenvalue weighted by Gasteiger charge is -2.25. The van der Waals surface area contributed by atoms with Crippen molar-refractivity contribution in [2.75, 3.05) is 31.8 Å². The summed E-state index contributed by atoms with van der Waals surface area (Å²) >= 11 is 0. The molecule has 0 amide bonds. The van der Waals surface area contributed by atoms with E-state index in [-0.39, 0.29) is 17.8 Å². The summed E-state index contributed by atoms with van der Waals surface area (Å²) in [6, 6.07) is 10.2. The van der Waals surface area contributed by atoms with Gasteiger partial charge < -0.3 is 10.1 Å². The third-order valence-corrected chi connectivity index (χ3v) is 3.78. The monoisotopic (exact) mass is 299 g/mol. The summed E-state index contributed by atoms with van der Waals surface area (Å²) in [5, 5.41) is 3.40. The first-order valence-electron chi connectivity index (χ1n) is 6.79. The van der Waals surface area contributed by atoms with Crippen LogP contribution in [0.5, 0.6) is 0 Å². The number of hydrogen-bond donors (Lipinski definition) is 1. The van der Waals surface area contributed by atoms with E-state index in [0.29, 0.717) is 6.61 Å². The molecule has 1 aromatic carbocycles. The van der Waals surface area contributed by atoms with Crippen LogP contribution in [-0.2, 0) is 21.1 Å².